The summed E-state index contributed by atoms with van der Waals surface area (Å²) in [6.07, 6.45) is 3.92. The minimum absolute atomic E-state index is 0.108. The van der Waals surface area contributed by atoms with Crippen molar-refractivity contribution in [1.82, 2.24) is 10.2 Å². The van der Waals surface area contributed by atoms with E-state index in [9.17, 15) is 19.2 Å². The fourth-order valence-corrected chi connectivity index (χ4v) is 3.69. The number of nitrogens with one attached hydrogen (secondary N) is 2. The first-order chi connectivity index (χ1) is 13.4. The number of hydrogen-bond acceptors (Lipinski definition) is 6. The standard InChI is InChI=1S/C19H23N3O6/c1-27-12-6-7-14(13(10-12)16(24)28-2)20-15(23)11-22-17(25)19(21-18(22)26)8-4-3-5-9-19/h6-7,10H,3-5,8-9,11H2,1-2H3,(H,20,23)(H,21,26). The molecule has 0 bridgehead atoms. The van der Waals surface area contributed by atoms with Crippen LogP contribution in [0.4, 0.5) is 10.5 Å². The molecular weight excluding hydrogens is 366 g/mol. The highest BCUT2D eigenvalue weighted by atomic mass is 16.5. The van der Waals surface area contributed by atoms with E-state index in [1.165, 1.54) is 26.4 Å². The molecule has 0 atom stereocenters. The zero-order valence-corrected chi connectivity index (χ0v) is 15.9. The lowest BCUT2D eigenvalue weighted by Gasteiger charge is -2.30. The number of amides is 4. The molecule has 0 radical (unpaired) electrons. The van der Waals surface area contributed by atoms with Crippen LogP contribution in [-0.2, 0) is 14.3 Å². The van der Waals surface area contributed by atoms with Gasteiger partial charge in [-0.05, 0) is 31.0 Å². The van der Waals surface area contributed by atoms with E-state index < -0.39 is 30.0 Å². The first-order valence-electron chi connectivity index (χ1n) is 9.10. The van der Waals surface area contributed by atoms with E-state index in [1.807, 2.05) is 0 Å². The number of imide groups is 1. The predicted molar refractivity (Wildman–Crippen MR) is 99.0 cm³/mol. The highest BCUT2D eigenvalue weighted by molar-refractivity contribution is 6.10. The average Bonchev–Trinajstić information content (AvgIpc) is 2.92. The summed E-state index contributed by atoms with van der Waals surface area (Å²) in [6.45, 7) is -0.431. The van der Waals surface area contributed by atoms with Gasteiger partial charge in [0.15, 0.2) is 0 Å². The van der Waals surface area contributed by atoms with Gasteiger partial charge in [-0.25, -0.2) is 9.59 Å². The molecule has 2 fully saturated rings. The van der Waals surface area contributed by atoms with Gasteiger partial charge in [-0.1, -0.05) is 19.3 Å². The molecule has 9 heteroatoms. The number of hydrogen-bond donors (Lipinski definition) is 2. The molecule has 2 aliphatic rings. The van der Waals surface area contributed by atoms with E-state index in [4.69, 9.17) is 9.47 Å². The van der Waals surface area contributed by atoms with Crippen molar-refractivity contribution in [1.29, 1.82) is 0 Å². The zero-order valence-electron chi connectivity index (χ0n) is 15.9. The molecule has 4 amide bonds. The molecule has 1 aromatic rings. The number of rotatable bonds is 5. The van der Waals surface area contributed by atoms with E-state index in [0.29, 0.717) is 18.6 Å². The molecule has 1 saturated heterocycles. The molecule has 28 heavy (non-hydrogen) atoms. The Morgan fingerprint density at radius 1 is 1.18 bits per heavy atom. The van der Waals surface area contributed by atoms with Crippen molar-refractivity contribution in [2.45, 2.75) is 37.6 Å². The molecule has 0 unspecified atom stereocenters. The summed E-state index contributed by atoms with van der Waals surface area (Å²) < 4.78 is 9.81. The Balaban J connectivity index is 1.73. The second kappa shape index (κ2) is 7.87. The number of benzene rings is 1. The summed E-state index contributed by atoms with van der Waals surface area (Å²) in [5.74, 6) is -1.18. The van der Waals surface area contributed by atoms with Gasteiger partial charge in [0.25, 0.3) is 5.91 Å². The summed E-state index contributed by atoms with van der Waals surface area (Å²) in [4.78, 5) is 50.4. The number of carbonyl (C=O) groups excluding carboxylic acids is 4. The lowest BCUT2D eigenvalue weighted by Crippen LogP contribution is -2.48. The maximum atomic E-state index is 12.8. The van der Waals surface area contributed by atoms with Crippen LogP contribution >= 0.6 is 0 Å². The third-order valence-electron chi connectivity index (χ3n) is 5.16. The number of nitrogens with zero attached hydrogens (tertiary/aromatic N) is 1. The van der Waals surface area contributed by atoms with Crippen LogP contribution in [0.15, 0.2) is 18.2 Å². The van der Waals surface area contributed by atoms with E-state index in [1.54, 1.807) is 6.07 Å². The monoisotopic (exact) mass is 389 g/mol. The molecule has 1 aliphatic carbocycles. The Hall–Kier alpha value is -3.10. The highest BCUT2D eigenvalue weighted by Crippen LogP contribution is 2.33. The van der Waals surface area contributed by atoms with Crippen LogP contribution in [-0.4, -0.2) is 55.0 Å². The Bertz CT molecular complexity index is 816. The summed E-state index contributed by atoms with van der Waals surface area (Å²) in [5, 5.41) is 5.33. The van der Waals surface area contributed by atoms with E-state index in [0.717, 1.165) is 24.2 Å². The summed E-state index contributed by atoms with van der Waals surface area (Å²) in [5.41, 5.74) is -0.569. The van der Waals surface area contributed by atoms with Crippen molar-refractivity contribution < 1.29 is 28.7 Å². The quantitative estimate of drug-likeness (QED) is 0.585. The van der Waals surface area contributed by atoms with Gasteiger partial charge < -0.3 is 20.1 Å². The fraction of sp³-hybridized carbons (Fsp3) is 0.474. The average molecular weight is 389 g/mol. The number of anilines is 1. The Labute approximate surface area is 162 Å². The first-order valence-corrected chi connectivity index (χ1v) is 9.10. The molecule has 1 heterocycles. The second-order valence-corrected chi connectivity index (χ2v) is 6.92. The molecule has 3 rings (SSSR count). The minimum atomic E-state index is -0.882. The van der Waals surface area contributed by atoms with Gasteiger partial charge in [0.05, 0.1) is 25.5 Å². The van der Waals surface area contributed by atoms with Gasteiger partial charge in [-0.2, -0.15) is 0 Å². The number of carbonyl (C=O) groups is 4. The van der Waals surface area contributed by atoms with Gasteiger partial charge in [0, 0.05) is 0 Å². The maximum absolute atomic E-state index is 12.8. The zero-order chi connectivity index (χ0) is 20.3. The van der Waals surface area contributed by atoms with Gasteiger partial charge in [-0.15, -0.1) is 0 Å². The van der Waals surface area contributed by atoms with Crippen molar-refractivity contribution in [3.05, 3.63) is 23.8 Å². The molecule has 1 aromatic carbocycles. The first kappa shape index (κ1) is 19.7. The van der Waals surface area contributed by atoms with Crippen LogP contribution in [0.25, 0.3) is 0 Å². The van der Waals surface area contributed by atoms with Crippen LogP contribution in [0, 0.1) is 0 Å². The van der Waals surface area contributed by atoms with Crippen LogP contribution in [0.1, 0.15) is 42.5 Å². The lowest BCUT2D eigenvalue weighted by atomic mass is 9.82. The topological polar surface area (TPSA) is 114 Å². The van der Waals surface area contributed by atoms with Gasteiger partial charge in [0.2, 0.25) is 5.91 Å². The van der Waals surface area contributed by atoms with E-state index in [2.05, 4.69) is 10.6 Å². The van der Waals surface area contributed by atoms with E-state index >= 15 is 0 Å². The minimum Gasteiger partial charge on any atom is -0.497 e. The molecule has 150 valence electrons. The van der Waals surface area contributed by atoms with Crippen molar-refractivity contribution in [3.63, 3.8) is 0 Å². The van der Waals surface area contributed by atoms with Gasteiger partial charge in [-0.3, -0.25) is 14.5 Å². The van der Waals surface area contributed by atoms with Crippen LogP contribution in [0.2, 0.25) is 0 Å². The van der Waals surface area contributed by atoms with Gasteiger partial charge in [0.1, 0.15) is 17.8 Å². The molecule has 2 N–H and O–H groups in total. The summed E-state index contributed by atoms with van der Waals surface area (Å²) >= 11 is 0. The Morgan fingerprint density at radius 2 is 1.89 bits per heavy atom. The Morgan fingerprint density at radius 3 is 2.54 bits per heavy atom. The number of methoxy groups -OCH3 is 2. The lowest BCUT2D eigenvalue weighted by molar-refractivity contribution is -0.134. The molecule has 9 nitrogen and oxygen atoms in total. The second-order valence-electron chi connectivity index (χ2n) is 6.92. The number of ether oxygens (including phenoxy) is 2. The third kappa shape index (κ3) is 3.64. The Kier molecular flexibility index (Phi) is 5.53. The molecule has 1 spiro atoms. The number of urea groups is 1. The third-order valence-corrected chi connectivity index (χ3v) is 5.16. The van der Waals surface area contributed by atoms with E-state index in [-0.39, 0.29) is 17.2 Å². The van der Waals surface area contributed by atoms with Crippen LogP contribution in [0.3, 0.4) is 0 Å². The maximum Gasteiger partial charge on any atom is 0.340 e. The normalized spacial score (nSPS) is 18.0. The predicted octanol–water partition coefficient (Wildman–Crippen LogP) is 1.67. The summed E-state index contributed by atoms with van der Waals surface area (Å²) in [6, 6.07) is 3.95. The smallest absolute Gasteiger partial charge is 0.340 e. The van der Waals surface area contributed by atoms with Crippen LogP contribution < -0.4 is 15.4 Å². The van der Waals surface area contributed by atoms with Crippen molar-refractivity contribution in [3.8, 4) is 5.75 Å². The fourth-order valence-electron chi connectivity index (χ4n) is 3.69. The highest BCUT2D eigenvalue weighted by Gasteiger charge is 2.51. The largest absolute Gasteiger partial charge is 0.497 e. The van der Waals surface area contributed by atoms with Crippen molar-refractivity contribution in [2.24, 2.45) is 0 Å². The van der Waals surface area contributed by atoms with Crippen molar-refractivity contribution >= 4 is 29.5 Å². The summed E-state index contributed by atoms with van der Waals surface area (Å²) in [7, 11) is 2.68. The van der Waals surface area contributed by atoms with Crippen molar-refractivity contribution in [2.75, 3.05) is 26.1 Å². The molecular formula is C19H23N3O6. The molecule has 1 saturated carbocycles. The van der Waals surface area contributed by atoms with Gasteiger partial charge >= 0.3 is 12.0 Å². The molecule has 1 aliphatic heterocycles. The van der Waals surface area contributed by atoms with Crippen LogP contribution in [0.5, 0.6) is 5.75 Å². The SMILES string of the molecule is COC(=O)c1cc(OC)ccc1NC(=O)CN1C(=O)NC2(CCCCC2)C1=O. The number of esters is 1. The molecule has 0 aromatic heterocycles.